The zero-order chi connectivity index (χ0) is 13.8. The van der Waals surface area contributed by atoms with E-state index in [9.17, 15) is 0 Å². The number of halogens is 1. The number of amidine groups is 1. The number of nitrogen functional groups attached to an aromatic ring is 1. The van der Waals surface area contributed by atoms with Crippen molar-refractivity contribution in [2.75, 3.05) is 0 Å². The van der Waals surface area contributed by atoms with Crippen LogP contribution < -0.4 is 10.5 Å². The SMILES string of the molecule is N=C(N)c1cc(Br)ccc1Oc1cccc(CO)c1. The first-order chi connectivity index (χ1) is 9.10. The molecule has 0 unspecified atom stereocenters. The quantitative estimate of drug-likeness (QED) is 0.598. The molecule has 5 heteroatoms. The van der Waals surface area contributed by atoms with Crippen LogP contribution in [-0.2, 0) is 6.61 Å². The van der Waals surface area contributed by atoms with E-state index in [1.807, 2.05) is 6.07 Å². The summed E-state index contributed by atoms with van der Waals surface area (Å²) in [5.41, 5.74) is 6.82. The Labute approximate surface area is 119 Å². The Morgan fingerprint density at radius 3 is 2.74 bits per heavy atom. The summed E-state index contributed by atoms with van der Waals surface area (Å²) in [4.78, 5) is 0. The molecule has 0 saturated heterocycles. The van der Waals surface area contributed by atoms with Gasteiger partial charge in [-0.25, -0.2) is 0 Å². The molecule has 0 fully saturated rings. The molecule has 98 valence electrons. The summed E-state index contributed by atoms with van der Waals surface area (Å²) in [6, 6.07) is 12.4. The van der Waals surface area contributed by atoms with Gasteiger partial charge < -0.3 is 15.6 Å². The molecule has 19 heavy (non-hydrogen) atoms. The van der Waals surface area contributed by atoms with Crippen LogP contribution in [0.15, 0.2) is 46.9 Å². The molecule has 0 bridgehead atoms. The van der Waals surface area contributed by atoms with E-state index >= 15 is 0 Å². The molecule has 0 saturated carbocycles. The monoisotopic (exact) mass is 320 g/mol. The topological polar surface area (TPSA) is 79.3 Å². The fourth-order valence-corrected chi connectivity index (χ4v) is 2.00. The Morgan fingerprint density at radius 1 is 1.26 bits per heavy atom. The Morgan fingerprint density at radius 2 is 2.05 bits per heavy atom. The van der Waals surface area contributed by atoms with Crippen molar-refractivity contribution in [3.05, 3.63) is 58.1 Å². The number of aliphatic hydroxyl groups excluding tert-OH is 1. The van der Waals surface area contributed by atoms with Gasteiger partial charge in [0, 0.05) is 4.47 Å². The van der Waals surface area contributed by atoms with Crippen LogP contribution in [0, 0.1) is 5.41 Å². The lowest BCUT2D eigenvalue weighted by molar-refractivity contribution is 0.281. The van der Waals surface area contributed by atoms with E-state index in [-0.39, 0.29) is 12.4 Å². The minimum atomic E-state index is -0.0605. The van der Waals surface area contributed by atoms with Crippen molar-refractivity contribution in [3.8, 4) is 11.5 Å². The summed E-state index contributed by atoms with van der Waals surface area (Å²) in [5.74, 6) is 1.04. The van der Waals surface area contributed by atoms with E-state index in [0.717, 1.165) is 10.0 Å². The molecule has 4 nitrogen and oxygen atoms in total. The van der Waals surface area contributed by atoms with Gasteiger partial charge in [0.25, 0.3) is 0 Å². The van der Waals surface area contributed by atoms with E-state index in [1.165, 1.54) is 0 Å². The van der Waals surface area contributed by atoms with Gasteiger partial charge in [-0.15, -0.1) is 0 Å². The predicted molar refractivity (Wildman–Crippen MR) is 77.6 cm³/mol. The van der Waals surface area contributed by atoms with E-state index in [1.54, 1.807) is 36.4 Å². The summed E-state index contributed by atoms with van der Waals surface area (Å²) in [5, 5.41) is 16.6. The minimum absolute atomic E-state index is 0.0445. The van der Waals surface area contributed by atoms with E-state index in [0.29, 0.717) is 17.1 Å². The number of benzene rings is 2. The van der Waals surface area contributed by atoms with Gasteiger partial charge in [0.1, 0.15) is 17.3 Å². The number of nitrogens with two attached hydrogens (primary N) is 1. The number of aliphatic hydroxyl groups is 1. The molecule has 4 N–H and O–H groups in total. The lowest BCUT2D eigenvalue weighted by atomic mass is 10.2. The van der Waals surface area contributed by atoms with Crippen molar-refractivity contribution >= 4 is 21.8 Å². The van der Waals surface area contributed by atoms with Crippen LogP contribution >= 0.6 is 15.9 Å². The molecule has 0 aliphatic carbocycles. The van der Waals surface area contributed by atoms with Gasteiger partial charge in [0.15, 0.2) is 0 Å². The molecule has 0 amide bonds. The first-order valence-electron chi connectivity index (χ1n) is 5.62. The molecular formula is C14H13BrN2O2. The molecule has 2 aromatic rings. The van der Waals surface area contributed by atoms with Crippen molar-refractivity contribution in [1.82, 2.24) is 0 Å². The van der Waals surface area contributed by atoms with Gasteiger partial charge >= 0.3 is 0 Å². The maximum atomic E-state index is 9.09. The molecule has 0 heterocycles. The zero-order valence-corrected chi connectivity index (χ0v) is 11.6. The van der Waals surface area contributed by atoms with Gasteiger partial charge in [-0.3, -0.25) is 5.41 Å². The number of rotatable bonds is 4. The smallest absolute Gasteiger partial charge is 0.138 e. The second kappa shape index (κ2) is 5.86. The highest BCUT2D eigenvalue weighted by atomic mass is 79.9. The molecule has 2 rings (SSSR count). The third-order valence-electron chi connectivity index (χ3n) is 2.54. The zero-order valence-electron chi connectivity index (χ0n) is 10.1. The van der Waals surface area contributed by atoms with Crippen molar-refractivity contribution < 1.29 is 9.84 Å². The van der Waals surface area contributed by atoms with Gasteiger partial charge in [0.2, 0.25) is 0 Å². The highest BCUT2D eigenvalue weighted by Crippen LogP contribution is 2.28. The van der Waals surface area contributed by atoms with E-state index in [2.05, 4.69) is 15.9 Å². The minimum Gasteiger partial charge on any atom is -0.457 e. The average molecular weight is 321 g/mol. The van der Waals surface area contributed by atoms with Crippen molar-refractivity contribution in [2.45, 2.75) is 6.61 Å². The average Bonchev–Trinajstić information content (AvgIpc) is 2.41. The highest BCUT2D eigenvalue weighted by Gasteiger charge is 2.08. The molecule has 0 radical (unpaired) electrons. The standard InChI is InChI=1S/C14H13BrN2O2/c15-10-4-5-13(12(7-10)14(16)17)19-11-3-1-2-9(6-11)8-18/h1-7,18H,8H2,(H3,16,17). The van der Waals surface area contributed by atoms with Crippen LogP contribution in [0.3, 0.4) is 0 Å². The molecule has 2 aromatic carbocycles. The van der Waals surface area contributed by atoms with Crippen LogP contribution in [0.2, 0.25) is 0 Å². The predicted octanol–water partition coefficient (Wildman–Crippen LogP) is 3.02. The molecule has 0 spiro atoms. The Hall–Kier alpha value is -1.85. The lowest BCUT2D eigenvalue weighted by Crippen LogP contribution is -2.12. The molecule has 0 aliphatic heterocycles. The third kappa shape index (κ3) is 3.33. The fraction of sp³-hybridized carbons (Fsp3) is 0.0714. The number of hydrogen-bond donors (Lipinski definition) is 3. The van der Waals surface area contributed by atoms with E-state index in [4.69, 9.17) is 21.0 Å². The Kier molecular flexibility index (Phi) is 4.19. The molecular weight excluding hydrogens is 308 g/mol. The summed E-state index contributed by atoms with van der Waals surface area (Å²) in [6.45, 7) is -0.0445. The first kappa shape index (κ1) is 13.6. The number of hydrogen-bond acceptors (Lipinski definition) is 3. The maximum absolute atomic E-state index is 9.09. The Bertz CT molecular complexity index is 614. The lowest BCUT2D eigenvalue weighted by Gasteiger charge is -2.11. The molecule has 0 atom stereocenters. The van der Waals surface area contributed by atoms with Crippen LogP contribution in [0.1, 0.15) is 11.1 Å². The van der Waals surface area contributed by atoms with Crippen LogP contribution in [0.5, 0.6) is 11.5 Å². The van der Waals surface area contributed by atoms with Gasteiger partial charge in [-0.05, 0) is 35.9 Å². The summed E-state index contributed by atoms with van der Waals surface area (Å²) in [6.07, 6.45) is 0. The van der Waals surface area contributed by atoms with Gasteiger partial charge in [0.05, 0.1) is 12.2 Å². The summed E-state index contributed by atoms with van der Waals surface area (Å²) < 4.78 is 6.54. The normalized spacial score (nSPS) is 10.2. The van der Waals surface area contributed by atoms with Crippen molar-refractivity contribution in [1.29, 1.82) is 5.41 Å². The number of nitrogens with one attached hydrogen (secondary N) is 1. The maximum Gasteiger partial charge on any atom is 0.138 e. The fourth-order valence-electron chi connectivity index (χ4n) is 1.64. The van der Waals surface area contributed by atoms with E-state index < -0.39 is 0 Å². The number of ether oxygens (including phenoxy) is 1. The van der Waals surface area contributed by atoms with Crippen LogP contribution in [0.25, 0.3) is 0 Å². The molecule has 0 aliphatic rings. The Balaban J connectivity index is 2.34. The largest absolute Gasteiger partial charge is 0.457 e. The molecule has 0 aromatic heterocycles. The van der Waals surface area contributed by atoms with Gasteiger partial charge in [-0.2, -0.15) is 0 Å². The first-order valence-corrected chi connectivity index (χ1v) is 6.41. The highest BCUT2D eigenvalue weighted by molar-refractivity contribution is 9.10. The summed E-state index contributed by atoms with van der Waals surface area (Å²) in [7, 11) is 0. The second-order valence-corrected chi connectivity index (χ2v) is 4.88. The van der Waals surface area contributed by atoms with Gasteiger partial charge in [-0.1, -0.05) is 28.1 Å². The van der Waals surface area contributed by atoms with Crippen LogP contribution in [-0.4, -0.2) is 10.9 Å². The van der Waals surface area contributed by atoms with Crippen LogP contribution in [0.4, 0.5) is 0 Å². The van der Waals surface area contributed by atoms with Crippen molar-refractivity contribution in [3.63, 3.8) is 0 Å². The van der Waals surface area contributed by atoms with Crippen molar-refractivity contribution in [2.24, 2.45) is 5.73 Å². The summed E-state index contributed by atoms with van der Waals surface area (Å²) >= 11 is 3.33. The third-order valence-corrected chi connectivity index (χ3v) is 3.03. The second-order valence-electron chi connectivity index (χ2n) is 3.96.